The fraction of sp³-hybridized carbons (Fsp3) is 0.273. The summed E-state index contributed by atoms with van der Waals surface area (Å²) in [6.45, 7) is 0. The highest BCUT2D eigenvalue weighted by Gasteiger charge is 2.15. The summed E-state index contributed by atoms with van der Waals surface area (Å²) in [6.07, 6.45) is 0.899. The number of nitrogens with one attached hydrogen (secondary N) is 1. The molecule has 2 aromatic heterocycles. The Morgan fingerprint density at radius 2 is 2.25 bits per heavy atom. The third-order valence-corrected chi connectivity index (χ3v) is 4.17. The summed E-state index contributed by atoms with van der Waals surface area (Å²) in [7, 11) is 1.92. The average molecular weight is 321 g/mol. The number of halogens is 2. The maximum Gasteiger partial charge on any atom is 0.193 e. The molecule has 0 saturated carbocycles. The third-order valence-electron chi connectivity index (χ3n) is 2.32. The van der Waals surface area contributed by atoms with Crippen LogP contribution in [0.15, 0.2) is 32.5 Å². The van der Waals surface area contributed by atoms with E-state index in [-0.39, 0.29) is 6.04 Å². The monoisotopic (exact) mass is 319 g/mol. The predicted molar refractivity (Wildman–Crippen MR) is 71.2 cm³/mol. The summed E-state index contributed by atoms with van der Waals surface area (Å²) >= 11 is 11.0. The van der Waals surface area contributed by atoms with Crippen molar-refractivity contribution in [2.45, 2.75) is 12.5 Å². The smallest absolute Gasteiger partial charge is 0.193 e. The van der Waals surface area contributed by atoms with Gasteiger partial charge in [0.1, 0.15) is 5.76 Å². The van der Waals surface area contributed by atoms with Crippen molar-refractivity contribution in [1.82, 2.24) is 5.32 Å². The lowest BCUT2D eigenvalue weighted by atomic mass is 10.1. The van der Waals surface area contributed by atoms with E-state index in [1.807, 2.05) is 13.1 Å². The summed E-state index contributed by atoms with van der Waals surface area (Å²) in [5.74, 6) is 0.872. The standard InChI is InChI=1S/C11H11BrClNOS/c1-14-8(9-3-5-11(13)15-9)6-7-2-4-10(12)16-7/h2-5,8,14H,6H2,1H3. The average Bonchev–Trinajstić information content (AvgIpc) is 2.84. The number of hydrogen-bond donors (Lipinski definition) is 1. The summed E-state index contributed by atoms with van der Waals surface area (Å²) < 4.78 is 6.56. The summed E-state index contributed by atoms with van der Waals surface area (Å²) in [5, 5.41) is 3.66. The molecule has 5 heteroatoms. The van der Waals surface area contributed by atoms with E-state index in [0.29, 0.717) is 5.22 Å². The van der Waals surface area contributed by atoms with E-state index < -0.39 is 0 Å². The van der Waals surface area contributed by atoms with Crippen molar-refractivity contribution in [2.24, 2.45) is 0 Å². The van der Waals surface area contributed by atoms with Crippen LogP contribution in [0.5, 0.6) is 0 Å². The fourth-order valence-electron chi connectivity index (χ4n) is 1.52. The highest BCUT2D eigenvalue weighted by atomic mass is 79.9. The molecule has 0 aliphatic rings. The molecule has 0 radical (unpaired) electrons. The van der Waals surface area contributed by atoms with Crippen molar-refractivity contribution in [1.29, 1.82) is 0 Å². The van der Waals surface area contributed by atoms with Gasteiger partial charge in [0.25, 0.3) is 0 Å². The number of thiophene rings is 1. The Morgan fingerprint density at radius 1 is 1.44 bits per heavy atom. The number of rotatable bonds is 4. The summed E-state index contributed by atoms with van der Waals surface area (Å²) in [4.78, 5) is 1.30. The van der Waals surface area contributed by atoms with E-state index in [9.17, 15) is 0 Å². The second-order valence-electron chi connectivity index (χ2n) is 3.39. The lowest BCUT2D eigenvalue weighted by molar-refractivity contribution is 0.432. The van der Waals surface area contributed by atoms with Gasteiger partial charge >= 0.3 is 0 Å². The van der Waals surface area contributed by atoms with E-state index in [1.165, 1.54) is 4.88 Å². The third kappa shape index (κ3) is 2.88. The van der Waals surface area contributed by atoms with Gasteiger partial charge in [0, 0.05) is 11.3 Å². The second kappa shape index (κ2) is 5.36. The molecular weight excluding hydrogens is 310 g/mol. The van der Waals surface area contributed by atoms with Crippen LogP contribution in [-0.2, 0) is 6.42 Å². The van der Waals surface area contributed by atoms with Gasteiger partial charge in [-0.3, -0.25) is 0 Å². The first-order chi connectivity index (χ1) is 7.69. The molecule has 2 heterocycles. The maximum absolute atomic E-state index is 5.77. The Labute approximate surface area is 112 Å². The van der Waals surface area contributed by atoms with Gasteiger partial charge in [0.2, 0.25) is 0 Å². The molecule has 0 saturated heterocycles. The Kier molecular flexibility index (Phi) is 4.08. The molecule has 1 unspecified atom stereocenters. The first-order valence-electron chi connectivity index (χ1n) is 4.85. The van der Waals surface area contributed by atoms with Crippen LogP contribution in [-0.4, -0.2) is 7.05 Å². The number of furan rings is 1. The molecule has 0 aliphatic carbocycles. The van der Waals surface area contributed by atoms with Gasteiger partial charge in [-0.1, -0.05) is 0 Å². The Balaban J connectivity index is 2.12. The SMILES string of the molecule is CNC(Cc1ccc(Br)s1)c1ccc(Cl)o1. The molecule has 86 valence electrons. The second-order valence-corrected chi connectivity index (χ2v) is 6.31. The minimum atomic E-state index is 0.165. The first kappa shape index (κ1) is 12.2. The van der Waals surface area contributed by atoms with Gasteiger partial charge in [0.05, 0.1) is 9.83 Å². The topological polar surface area (TPSA) is 25.2 Å². The Bertz CT molecular complexity index is 468. The summed E-state index contributed by atoms with van der Waals surface area (Å²) in [6, 6.07) is 8.02. The van der Waals surface area contributed by atoms with Gasteiger partial charge < -0.3 is 9.73 Å². The highest BCUT2D eigenvalue weighted by molar-refractivity contribution is 9.11. The van der Waals surface area contributed by atoms with Gasteiger partial charge in [-0.05, 0) is 58.8 Å². The lowest BCUT2D eigenvalue weighted by Crippen LogP contribution is -2.17. The van der Waals surface area contributed by atoms with Gasteiger partial charge in [-0.25, -0.2) is 0 Å². The number of hydrogen-bond acceptors (Lipinski definition) is 3. The molecule has 2 nitrogen and oxygen atoms in total. The van der Waals surface area contributed by atoms with E-state index >= 15 is 0 Å². The van der Waals surface area contributed by atoms with Crippen LogP contribution in [0, 0.1) is 0 Å². The normalized spacial score (nSPS) is 12.9. The molecular formula is C11H11BrClNOS. The Morgan fingerprint density at radius 3 is 2.75 bits per heavy atom. The molecule has 0 amide bonds. The van der Waals surface area contributed by atoms with Crippen LogP contribution < -0.4 is 5.32 Å². The molecule has 1 atom stereocenters. The largest absolute Gasteiger partial charge is 0.448 e. The quantitative estimate of drug-likeness (QED) is 0.910. The molecule has 0 fully saturated rings. The molecule has 0 bridgehead atoms. The van der Waals surface area contributed by atoms with Crippen LogP contribution in [0.4, 0.5) is 0 Å². The van der Waals surface area contributed by atoms with Crippen molar-refractivity contribution >= 4 is 38.9 Å². The lowest BCUT2D eigenvalue weighted by Gasteiger charge is -2.11. The van der Waals surface area contributed by atoms with Crippen LogP contribution in [0.2, 0.25) is 5.22 Å². The molecule has 2 aromatic rings. The van der Waals surface area contributed by atoms with E-state index in [0.717, 1.165) is 16.0 Å². The summed E-state index contributed by atoms with van der Waals surface area (Å²) in [5.41, 5.74) is 0. The zero-order chi connectivity index (χ0) is 11.5. The van der Waals surface area contributed by atoms with Gasteiger partial charge in [0.15, 0.2) is 5.22 Å². The van der Waals surface area contributed by atoms with Crippen molar-refractivity contribution in [3.8, 4) is 0 Å². The Hall–Kier alpha value is -0.290. The van der Waals surface area contributed by atoms with Crippen LogP contribution in [0.25, 0.3) is 0 Å². The maximum atomic E-state index is 5.77. The van der Waals surface area contributed by atoms with Gasteiger partial charge in [-0.2, -0.15) is 0 Å². The van der Waals surface area contributed by atoms with E-state index in [4.69, 9.17) is 16.0 Å². The highest BCUT2D eigenvalue weighted by Crippen LogP contribution is 2.28. The van der Waals surface area contributed by atoms with Crippen molar-refractivity contribution in [3.05, 3.63) is 43.9 Å². The predicted octanol–water partition coefficient (Wildman–Crippen LogP) is 4.26. The van der Waals surface area contributed by atoms with Crippen LogP contribution in [0.1, 0.15) is 16.7 Å². The van der Waals surface area contributed by atoms with Gasteiger partial charge in [-0.15, -0.1) is 11.3 Å². The molecule has 0 aromatic carbocycles. The molecule has 16 heavy (non-hydrogen) atoms. The number of likely N-dealkylation sites (N-methyl/N-ethyl adjacent to an activating group) is 1. The molecule has 0 aliphatic heterocycles. The fourth-order valence-corrected chi connectivity index (χ4v) is 3.20. The van der Waals surface area contributed by atoms with Crippen molar-refractivity contribution < 1.29 is 4.42 Å². The molecule has 1 N–H and O–H groups in total. The zero-order valence-electron chi connectivity index (χ0n) is 8.67. The minimum Gasteiger partial charge on any atom is -0.448 e. The van der Waals surface area contributed by atoms with Crippen molar-refractivity contribution in [3.63, 3.8) is 0 Å². The van der Waals surface area contributed by atoms with Crippen LogP contribution >= 0.6 is 38.9 Å². The van der Waals surface area contributed by atoms with E-state index in [2.05, 4.69) is 33.4 Å². The van der Waals surface area contributed by atoms with Crippen molar-refractivity contribution in [2.75, 3.05) is 7.05 Å². The van der Waals surface area contributed by atoms with E-state index in [1.54, 1.807) is 17.4 Å². The minimum absolute atomic E-state index is 0.165. The van der Waals surface area contributed by atoms with Crippen LogP contribution in [0.3, 0.4) is 0 Å². The zero-order valence-corrected chi connectivity index (χ0v) is 11.8. The molecule has 2 rings (SSSR count). The molecule has 0 spiro atoms. The first-order valence-corrected chi connectivity index (χ1v) is 6.84.